The maximum absolute atomic E-state index is 12.4. The summed E-state index contributed by atoms with van der Waals surface area (Å²) in [4.78, 5) is 12.0. The van der Waals surface area contributed by atoms with E-state index in [0.29, 0.717) is 6.61 Å². The van der Waals surface area contributed by atoms with Crippen LogP contribution in [0.15, 0.2) is 12.1 Å². The Labute approximate surface area is 141 Å². The molecule has 122 valence electrons. The first-order valence-corrected chi connectivity index (χ1v) is 8.63. The van der Waals surface area contributed by atoms with Gasteiger partial charge in [-0.3, -0.25) is 4.79 Å². The van der Waals surface area contributed by atoms with Gasteiger partial charge in [0.25, 0.3) is 0 Å². The van der Waals surface area contributed by atoms with Crippen LogP contribution in [0.25, 0.3) is 0 Å². The molecule has 1 aliphatic rings. The fourth-order valence-electron chi connectivity index (χ4n) is 2.87. The van der Waals surface area contributed by atoms with E-state index in [1.807, 2.05) is 27.7 Å². The number of alkyl halides is 1. The minimum atomic E-state index is -0.491. The minimum absolute atomic E-state index is 0.146. The average Bonchev–Trinajstić information content (AvgIpc) is 2.39. The molecular weight excluding hydrogens is 344 g/mol. The predicted octanol–water partition coefficient (Wildman–Crippen LogP) is 4.79. The summed E-state index contributed by atoms with van der Waals surface area (Å²) in [7, 11) is 0. The summed E-state index contributed by atoms with van der Waals surface area (Å²) in [6.07, 6.45) is 0.146. The van der Waals surface area contributed by atoms with Crippen LogP contribution in [0.3, 0.4) is 0 Å². The van der Waals surface area contributed by atoms with Gasteiger partial charge in [0.2, 0.25) is 0 Å². The Bertz CT molecular complexity index is 574. The third-order valence-electron chi connectivity index (χ3n) is 3.99. The van der Waals surface area contributed by atoms with Crippen molar-refractivity contribution in [3.8, 4) is 0 Å². The quantitative estimate of drug-likeness (QED) is 0.555. The lowest BCUT2D eigenvalue weighted by Crippen LogP contribution is -2.29. The van der Waals surface area contributed by atoms with Gasteiger partial charge in [-0.2, -0.15) is 0 Å². The van der Waals surface area contributed by atoms with E-state index in [9.17, 15) is 4.79 Å². The SMILES string of the molecule is Cc1cc2c(c(C(Br)C(=O)OC(C)(C)C)c1)[C@@H](C)[C@H](C)OC2. The van der Waals surface area contributed by atoms with Gasteiger partial charge in [-0.25, -0.2) is 0 Å². The average molecular weight is 369 g/mol. The van der Waals surface area contributed by atoms with Gasteiger partial charge in [-0.05, 0) is 51.3 Å². The molecule has 0 N–H and O–H groups in total. The summed E-state index contributed by atoms with van der Waals surface area (Å²) < 4.78 is 11.3. The van der Waals surface area contributed by atoms with Crippen LogP contribution in [0, 0.1) is 6.92 Å². The number of carbonyl (C=O) groups excluding carboxylic acids is 1. The summed E-state index contributed by atoms with van der Waals surface area (Å²) >= 11 is 3.55. The summed E-state index contributed by atoms with van der Waals surface area (Å²) in [6, 6.07) is 4.23. The maximum Gasteiger partial charge on any atom is 0.324 e. The highest BCUT2D eigenvalue weighted by Gasteiger charge is 2.32. The van der Waals surface area contributed by atoms with Gasteiger partial charge in [0.1, 0.15) is 10.4 Å². The second-order valence-electron chi connectivity index (χ2n) is 7.13. The number of benzene rings is 1. The Hall–Kier alpha value is -0.870. The van der Waals surface area contributed by atoms with Crippen molar-refractivity contribution < 1.29 is 14.3 Å². The van der Waals surface area contributed by atoms with Crippen molar-refractivity contribution in [3.05, 3.63) is 34.4 Å². The molecule has 0 fully saturated rings. The molecule has 1 heterocycles. The molecule has 1 unspecified atom stereocenters. The van der Waals surface area contributed by atoms with Crippen LogP contribution in [0.5, 0.6) is 0 Å². The molecule has 0 radical (unpaired) electrons. The van der Waals surface area contributed by atoms with E-state index < -0.39 is 10.4 Å². The first-order valence-electron chi connectivity index (χ1n) is 7.72. The highest BCUT2D eigenvalue weighted by molar-refractivity contribution is 9.09. The van der Waals surface area contributed by atoms with E-state index in [0.717, 1.165) is 11.1 Å². The van der Waals surface area contributed by atoms with Crippen LogP contribution in [0.2, 0.25) is 0 Å². The lowest BCUT2D eigenvalue weighted by molar-refractivity contribution is -0.154. The number of fused-ring (bicyclic) bond motifs is 1. The predicted molar refractivity (Wildman–Crippen MR) is 91.4 cm³/mol. The number of ether oxygens (including phenoxy) is 2. The number of esters is 1. The van der Waals surface area contributed by atoms with Gasteiger partial charge in [-0.1, -0.05) is 40.5 Å². The molecule has 1 aromatic carbocycles. The molecular formula is C18H25BrO3. The molecule has 0 saturated heterocycles. The third-order valence-corrected chi connectivity index (χ3v) is 4.86. The molecule has 2 rings (SSSR count). The van der Waals surface area contributed by atoms with Gasteiger partial charge in [0.05, 0.1) is 12.7 Å². The number of carbonyl (C=O) groups is 1. The standard InChI is InChI=1S/C18H25BrO3/c1-10-7-13-9-21-12(3)11(2)15(13)14(8-10)16(19)17(20)22-18(4,5)6/h7-8,11-12,16H,9H2,1-6H3/t11-,12-,16?/m0/s1. The Kier molecular flexibility index (Phi) is 5.03. The number of rotatable bonds is 2. The first-order chi connectivity index (χ1) is 10.1. The van der Waals surface area contributed by atoms with Crippen LogP contribution in [0.1, 0.15) is 67.6 Å². The van der Waals surface area contributed by atoms with E-state index in [1.54, 1.807) is 0 Å². The van der Waals surface area contributed by atoms with E-state index in [2.05, 4.69) is 41.9 Å². The van der Waals surface area contributed by atoms with Gasteiger partial charge < -0.3 is 9.47 Å². The van der Waals surface area contributed by atoms with Gasteiger partial charge >= 0.3 is 5.97 Å². The zero-order valence-electron chi connectivity index (χ0n) is 14.2. The Morgan fingerprint density at radius 1 is 1.36 bits per heavy atom. The van der Waals surface area contributed by atoms with E-state index in [1.165, 1.54) is 11.1 Å². The number of aryl methyl sites for hydroxylation is 1. The molecule has 0 saturated carbocycles. The minimum Gasteiger partial charge on any atom is -0.459 e. The molecule has 22 heavy (non-hydrogen) atoms. The molecule has 4 heteroatoms. The topological polar surface area (TPSA) is 35.5 Å². The van der Waals surface area contributed by atoms with Crippen molar-refractivity contribution in [2.45, 2.75) is 70.6 Å². The van der Waals surface area contributed by atoms with Crippen LogP contribution in [-0.2, 0) is 20.9 Å². The Morgan fingerprint density at radius 3 is 2.59 bits per heavy atom. The van der Waals surface area contributed by atoms with Gasteiger partial charge in [0.15, 0.2) is 0 Å². The fraction of sp³-hybridized carbons (Fsp3) is 0.611. The molecule has 0 aromatic heterocycles. The van der Waals surface area contributed by atoms with Crippen LogP contribution < -0.4 is 0 Å². The molecule has 1 aromatic rings. The Balaban J connectivity index is 2.42. The maximum atomic E-state index is 12.4. The summed E-state index contributed by atoms with van der Waals surface area (Å²) in [5.74, 6) is 0.00785. The molecule has 1 aliphatic heterocycles. The zero-order chi connectivity index (χ0) is 16.7. The van der Waals surface area contributed by atoms with Gasteiger partial charge in [0, 0.05) is 5.92 Å². The smallest absolute Gasteiger partial charge is 0.324 e. The molecule has 0 aliphatic carbocycles. The van der Waals surface area contributed by atoms with E-state index in [-0.39, 0.29) is 18.0 Å². The van der Waals surface area contributed by atoms with E-state index >= 15 is 0 Å². The van der Waals surface area contributed by atoms with Crippen LogP contribution in [0.4, 0.5) is 0 Å². The van der Waals surface area contributed by atoms with Crippen molar-refractivity contribution in [3.63, 3.8) is 0 Å². The van der Waals surface area contributed by atoms with Crippen LogP contribution >= 0.6 is 15.9 Å². The van der Waals surface area contributed by atoms with Crippen molar-refractivity contribution >= 4 is 21.9 Å². The molecule has 0 spiro atoms. The summed E-state index contributed by atoms with van der Waals surface area (Å²) in [6.45, 7) is 12.5. The third kappa shape index (κ3) is 3.72. The molecule has 0 bridgehead atoms. The largest absolute Gasteiger partial charge is 0.459 e. The Morgan fingerprint density at radius 2 is 2.00 bits per heavy atom. The van der Waals surface area contributed by atoms with Crippen molar-refractivity contribution in [2.75, 3.05) is 0 Å². The number of hydrogen-bond acceptors (Lipinski definition) is 3. The van der Waals surface area contributed by atoms with Crippen molar-refractivity contribution in [2.24, 2.45) is 0 Å². The number of hydrogen-bond donors (Lipinski definition) is 0. The highest BCUT2D eigenvalue weighted by atomic mass is 79.9. The molecule has 3 nitrogen and oxygen atoms in total. The first kappa shape index (κ1) is 17.5. The lowest BCUT2D eigenvalue weighted by atomic mass is 9.84. The molecule has 3 atom stereocenters. The number of halogens is 1. The van der Waals surface area contributed by atoms with Crippen molar-refractivity contribution in [1.29, 1.82) is 0 Å². The van der Waals surface area contributed by atoms with Crippen LogP contribution in [-0.4, -0.2) is 17.7 Å². The van der Waals surface area contributed by atoms with E-state index in [4.69, 9.17) is 9.47 Å². The normalized spacial score (nSPS) is 22.9. The zero-order valence-corrected chi connectivity index (χ0v) is 15.8. The fourth-order valence-corrected chi connectivity index (χ4v) is 3.34. The van der Waals surface area contributed by atoms with Gasteiger partial charge in [-0.15, -0.1) is 0 Å². The lowest BCUT2D eigenvalue weighted by Gasteiger charge is -2.32. The highest BCUT2D eigenvalue weighted by Crippen LogP contribution is 2.40. The second-order valence-corrected chi connectivity index (χ2v) is 8.04. The monoisotopic (exact) mass is 368 g/mol. The molecule has 0 amide bonds. The summed E-state index contributed by atoms with van der Waals surface area (Å²) in [5.41, 5.74) is 4.04. The second kappa shape index (κ2) is 6.32. The van der Waals surface area contributed by atoms with Crippen molar-refractivity contribution in [1.82, 2.24) is 0 Å². The summed E-state index contributed by atoms with van der Waals surface area (Å²) in [5, 5.41) is 0.